The lowest BCUT2D eigenvalue weighted by Gasteiger charge is -2.06. The largest absolute Gasteiger partial charge is 0.432 e. The van der Waals surface area contributed by atoms with Crippen molar-refractivity contribution in [2.75, 3.05) is 0 Å². The Bertz CT molecular complexity index is 604. The van der Waals surface area contributed by atoms with E-state index in [1.807, 2.05) is 0 Å². The molecule has 0 radical (unpaired) electrons. The van der Waals surface area contributed by atoms with Crippen LogP contribution in [0.15, 0.2) is 41.0 Å². The Balaban J connectivity index is 2.29. The molecule has 0 spiro atoms. The zero-order valence-electron chi connectivity index (χ0n) is 9.55. The van der Waals surface area contributed by atoms with E-state index in [1.165, 1.54) is 12.1 Å². The van der Waals surface area contributed by atoms with Crippen molar-refractivity contribution in [2.24, 2.45) is 0 Å². The van der Waals surface area contributed by atoms with Crippen LogP contribution >= 0.6 is 27.5 Å². The second-order valence-electron chi connectivity index (χ2n) is 3.61. The Labute approximate surface area is 122 Å². The molecule has 98 valence electrons. The Morgan fingerprint density at radius 3 is 2.74 bits per heavy atom. The molecule has 0 aliphatic rings. The highest BCUT2D eigenvalue weighted by molar-refractivity contribution is 9.10. The SMILES string of the molecule is O=[N+]([O-])c1cc(Br)ccc1Oc1ccc(CCl)cn1. The maximum atomic E-state index is 10.9. The minimum Gasteiger partial charge on any atom is -0.432 e. The van der Waals surface area contributed by atoms with Crippen molar-refractivity contribution in [3.05, 3.63) is 56.7 Å². The number of rotatable bonds is 4. The smallest absolute Gasteiger partial charge is 0.312 e. The minimum atomic E-state index is -0.507. The van der Waals surface area contributed by atoms with E-state index in [9.17, 15) is 10.1 Å². The predicted molar refractivity (Wildman–Crippen MR) is 74.7 cm³/mol. The molecule has 0 saturated carbocycles. The topological polar surface area (TPSA) is 65.3 Å². The third-order valence-electron chi connectivity index (χ3n) is 2.28. The van der Waals surface area contributed by atoms with E-state index in [0.29, 0.717) is 10.4 Å². The summed E-state index contributed by atoms with van der Waals surface area (Å²) >= 11 is 8.83. The summed E-state index contributed by atoms with van der Waals surface area (Å²) in [4.78, 5) is 14.5. The van der Waals surface area contributed by atoms with Crippen LogP contribution in [0.25, 0.3) is 0 Å². The van der Waals surface area contributed by atoms with E-state index >= 15 is 0 Å². The zero-order chi connectivity index (χ0) is 13.8. The molecular formula is C12H8BrClN2O3. The van der Waals surface area contributed by atoms with Gasteiger partial charge in [0.1, 0.15) is 0 Å². The minimum absolute atomic E-state index is 0.127. The fraction of sp³-hybridized carbons (Fsp3) is 0.0833. The molecule has 0 amide bonds. The van der Waals surface area contributed by atoms with Crippen molar-refractivity contribution in [3.8, 4) is 11.6 Å². The van der Waals surface area contributed by atoms with E-state index in [0.717, 1.165) is 5.56 Å². The fourth-order valence-electron chi connectivity index (χ4n) is 1.38. The molecule has 0 fully saturated rings. The third kappa shape index (κ3) is 3.42. The molecule has 19 heavy (non-hydrogen) atoms. The average molecular weight is 344 g/mol. The quantitative estimate of drug-likeness (QED) is 0.472. The van der Waals surface area contributed by atoms with Gasteiger partial charge in [0.2, 0.25) is 11.6 Å². The first-order chi connectivity index (χ1) is 9.10. The number of benzene rings is 1. The number of ether oxygens (including phenoxy) is 1. The number of hydrogen-bond donors (Lipinski definition) is 0. The molecule has 0 atom stereocenters. The third-order valence-corrected chi connectivity index (χ3v) is 3.09. The zero-order valence-corrected chi connectivity index (χ0v) is 11.9. The standard InChI is InChI=1S/C12H8BrClN2O3/c13-9-2-3-11(10(5-9)16(17)18)19-12-4-1-8(6-14)7-15-12/h1-5,7H,6H2. The summed E-state index contributed by atoms with van der Waals surface area (Å²) in [5.41, 5.74) is 0.719. The molecule has 5 nitrogen and oxygen atoms in total. The van der Waals surface area contributed by atoms with Gasteiger partial charge in [-0.15, -0.1) is 11.6 Å². The maximum absolute atomic E-state index is 10.9. The number of aromatic nitrogens is 1. The first-order valence-corrected chi connectivity index (χ1v) is 6.55. The molecule has 1 aromatic heterocycles. The van der Waals surface area contributed by atoms with Gasteiger partial charge in [-0.1, -0.05) is 22.0 Å². The number of pyridine rings is 1. The van der Waals surface area contributed by atoms with Crippen LogP contribution in [0.1, 0.15) is 5.56 Å². The van der Waals surface area contributed by atoms with E-state index in [-0.39, 0.29) is 17.3 Å². The Hall–Kier alpha value is -1.66. The van der Waals surface area contributed by atoms with E-state index in [1.54, 1.807) is 24.4 Å². The molecule has 7 heteroatoms. The summed E-state index contributed by atoms with van der Waals surface area (Å²) < 4.78 is 6.02. The van der Waals surface area contributed by atoms with Gasteiger partial charge in [0.15, 0.2) is 0 Å². The van der Waals surface area contributed by atoms with Gasteiger partial charge in [0, 0.05) is 28.7 Å². The molecule has 0 bridgehead atoms. The summed E-state index contributed by atoms with van der Waals surface area (Å²) in [5, 5.41) is 10.9. The summed E-state index contributed by atoms with van der Waals surface area (Å²) in [6.07, 6.45) is 1.56. The van der Waals surface area contributed by atoms with E-state index < -0.39 is 4.92 Å². The summed E-state index contributed by atoms with van der Waals surface area (Å²) in [7, 11) is 0. The summed E-state index contributed by atoms with van der Waals surface area (Å²) in [6, 6.07) is 7.92. The molecule has 1 heterocycles. The first-order valence-electron chi connectivity index (χ1n) is 5.23. The Morgan fingerprint density at radius 2 is 2.16 bits per heavy atom. The van der Waals surface area contributed by atoms with Crippen LogP contribution in [0.2, 0.25) is 0 Å². The molecule has 2 aromatic rings. The number of nitrogens with zero attached hydrogens (tertiary/aromatic N) is 2. The van der Waals surface area contributed by atoms with Gasteiger partial charge < -0.3 is 4.74 Å². The number of alkyl halides is 1. The van der Waals surface area contributed by atoms with Crippen LogP contribution in [0.3, 0.4) is 0 Å². The van der Waals surface area contributed by atoms with Crippen LogP contribution in [0.5, 0.6) is 11.6 Å². The highest BCUT2D eigenvalue weighted by atomic mass is 79.9. The molecule has 0 saturated heterocycles. The van der Waals surface area contributed by atoms with Crippen molar-refractivity contribution in [1.82, 2.24) is 4.98 Å². The van der Waals surface area contributed by atoms with Gasteiger partial charge in [0.05, 0.1) is 4.92 Å². The van der Waals surface area contributed by atoms with Crippen molar-refractivity contribution in [2.45, 2.75) is 5.88 Å². The maximum Gasteiger partial charge on any atom is 0.312 e. The lowest BCUT2D eigenvalue weighted by molar-refractivity contribution is -0.385. The van der Waals surface area contributed by atoms with Crippen molar-refractivity contribution >= 4 is 33.2 Å². The second-order valence-corrected chi connectivity index (χ2v) is 4.79. The van der Waals surface area contributed by atoms with Gasteiger partial charge in [-0.2, -0.15) is 0 Å². The van der Waals surface area contributed by atoms with Crippen molar-refractivity contribution < 1.29 is 9.66 Å². The highest BCUT2D eigenvalue weighted by Gasteiger charge is 2.16. The van der Waals surface area contributed by atoms with Gasteiger partial charge in [-0.05, 0) is 17.7 Å². The highest BCUT2D eigenvalue weighted by Crippen LogP contribution is 2.32. The normalized spacial score (nSPS) is 10.2. The van der Waals surface area contributed by atoms with Crippen LogP contribution < -0.4 is 4.74 Å². The van der Waals surface area contributed by atoms with Gasteiger partial charge in [-0.3, -0.25) is 10.1 Å². The number of hydrogen-bond acceptors (Lipinski definition) is 4. The summed E-state index contributed by atoms with van der Waals surface area (Å²) in [6.45, 7) is 0. The molecular weight excluding hydrogens is 336 g/mol. The monoisotopic (exact) mass is 342 g/mol. The first kappa shape index (κ1) is 13.8. The molecule has 0 N–H and O–H groups in total. The molecule has 0 aliphatic carbocycles. The summed E-state index contributed by atoms with van der Waals surface area (Å²) in [5.74, 6) is 0.768. The van der Waals surface area contributed by atoms with Crippen LogP contribution in [0.4, 0.5) is 5.69 Å². The van der Waals surface area contributed by atoms with E-state index in [4.69, 9.17) is 16.3 Å². The number of nitro groups is 1. The predicted octanol–water partition coefficient (Wildman–Crippen LogP) is 4.28. The Morgan fingerprint density at radius 1 is 1.37 bits per heavy atom. The number of halogens is 2. The molecule has 0 aliphatic heterocycles. The van der Waals surface area contributed by atoms with Crippen LogP contribution in [-0.4, -0.2) is 9.91 Å². The lowest BCUT2D eigenvalue weighted by atomic mass is 10.3. The number of nitro benzene ring substituents is 1. The van der Waals surface area contributed by atoms with Gasteiger partial charge >= 0.3 is 5.69 Å². The molecule has 0 unspecified atom stereocenters. The van der Waals surface area contributed by atoms with Gasteiger partial charge in [-0.25, -0.2) is 4.98 Å². The molecule has 2 rings (SSSR count). The van der Waals surface area contributed by atoms with Gasteiger partial charge in [0.25, 0.3) is 0 Å². The fourth-order valence-corrected chi connectivity index (χ4v) is 1.89. The van der Waals surface area contributed by atoms with Crippen LogP contribution in [0, 0.1) is 10.1 Å². The van der Waals surface area contributed by atoms with Crippen molar-refractivity contribution in [3.63, 3.8) is 0 Å². The second kappa shape index (κ2) is 5.99. The average Bonchev–Trinajstić information content (AvgIpc) is 2.41. The lowest BCUT2D eigenvalue weighted by Crippen LogP contribution is -1.95. The van der Waals surface area contributed by atoms with Crippen molar-refractivity contribution in [1.29, 1.82) is 0 Å². The Kier molecular flexibility index (Phi) is 4.34. The molecule has 1 aromatic carbocycles. The van der Waals surface area contributed by atoms with Crippen LogP contribution in [-0.2, 0) is 5.88 Å². The van der Waals surface area contributed by atoms with E-state index in [2.05, 4.69) is 20.9 Å².